The number of fused-ring (bicyclic) bond motifs is 6. The number of aromatic nitrogens is 10. The topological polar surface area (TPSA) is 171 Å². The number of carbonyl (C=O) groups excluding carboxylic acids is 1. The molecule has 7 heterocycles. The average molecular weight is 837 g/mol. The van der Waals surface area contributed by atoms with Crippen LogP contribution in [0, 0.1) is 20.8 Å². The van der Waals surface area contributed by atoms with E-state index in [-0.39, 0.29) is 0 Å². The molecule has 1 aliphatic rings. The average Bonchev–Trinajstić information content (AvgIpc) is 4.03. The SMILES string of the molecule is CCn1nc(C)cc1-c1ncc2c3cc(C(N)=O)cc(OC)c3n(C/C=C/Cn3c4nc(-c5cc(C)nn5CC)ncc4c4cc(C)cc(OCCCN5CCOCC5)c43)c2n1. The van der Waals surface area contributed by atoms with E-state index in [4.69, 9.17) is 39.9 Å². The molecule has 1 fully saturated rings. The number of benzene rings is 2. The number of nitrogens with two attached hydrogens (primary N) is 1. The summed E-state index contributed by atoms with van der Waals surface area (Å²) in [7, 11) is 1.59. The fourth-order valence-electron chi connectivity index (χ4n) is 8.67. The van der Waals surface area contributed by atoms with Crippen molar-refractivity contribution in [2.45, 2.75) is 67.2 Å². The molecule has 1 saturated heterocycles. The summed E-state index contributed by atoms with van der Waals surface area (Å²) in [5.41, 5.74) is 14.0. The number of amides is 1. The number of hydrogen-bond acceptors (Lipinski definition) is 11. The van der Waals surface area contributed by atoms with E-state index in [0.717, 1.165) is 112 Å². The van der Waals surface area contributed by atoms with Crippen molar-refractivity contribution in [3.8, 4) is 34.5 Å². The third kappa shape index (κ3) is 7.53. The molecule has 1 amide bonds. The monoisotopic (exact) mass is 836 g/mol. The predicted molar refractivity (Wildman–Crippen MR) is 240 cm³/mol. The molecule has 0 spiro atoms. The molecule has 0 aliphatic carbocycles. The Morgan fingerprint density at radius 2 is 1.32 bits per heavy atom. The maximum Gasteiger partial charge on any atom is 0.248 e. The molecule has 16 nitrogen and oxygen atoms in total. The maximum absolute atomic E-state index is 12.5. The van der Waals surface area contributed by atoms with Gasteiger partial charge in [-0.2, -0.15) is 10.2 Å². The van der Waals surface area contributed by atoms with Crippen LogP contribution in [0.1, 0.15) is 47.6 Å². The lowest BCUT2D eigenvalue weighted by Gasteiger charge is -2.26. The van der Waals surface area contributed by atoms with Gasteiger partial charge in [-0.25, -0.2) is 19.9 Å². The van der Waals surface area contributed by atoms with E-state index in [1.54, 1.807) is 25.4 Å². The zero-order chi connectivity index (χ0) is 43.1. The fraction of sp³-hybridized carbons (Fsp3) is 0.370. The van der Waals surface area contributed by atoms with Crippen LogP contribution < -0.4 is 15.2 Å². The van der Waals surface area contributed by atoms with Crippen LogP contribution in [0.5, 0.6) is 11.5 Å². The van der Waals surface area contributed by atoms with Crippen LogP contribution >= 0.6 is 0 Å². The van der Waals surface area contributed by atoms with Gasteiger partial charge in [0.1, 0.15) is 34.2 Å². The number of hydrogen-bond donors (Lipinski definition) is 1. The highest BCUT2D eigenvalue weighted by molar-refractivity contribution is 6.12. The largest absolute Gasteiger partial charge is 0.495 e. The third-order valence-corrected chi connectivity index (χ3v) is 11.6. The van der Waals surface area contributed by atoms with E-state index >= 15 is 0 Å². The fourth-order valence-corrected chi connectivity index (χ4v) is 8.67. The number of primary amides is 1. The van der Waals surface area contributed by atoms with Crippen LogP contribution in [0.15, 0.2) is 60.9 Å². The van der Waals surface area contributed by atoms with Gasteiger partial charge in [0.05, 0.1) is 49.4 Å². The summed E-state index contributed by atoms with van der Waals surface area (Å²) in [5.74, 6) is 1.94. The summed E-state index contributed by atoms with van der Waals surface area (Å²) in [6.07, 6.45) is 8.89. The van der Waals surface area contributed by atoms with Crippen LogP contribution in [0.2, 0.25) is 0 Å². The molecule has 320 valence electrons. The van der Waals surface area contributed by atoms with Gasteiger partial charge >= 0.3 is 0 Å². The van der Waals surface area contributed by atoms with Crippen LogP contribution in [0.25, 0.3) is 66.9 Å². The number of aryl methyl sites for hydroxylation is 5. The van der Waals surface area contributed by atoms with Crippen molar-refractivity contribution in [1.29, 1.82) is 0 Å². The normalized spacial score (nSPS) is 13.8. The standard InChI is InChI=1S/C46H52N12O4/c1-7-57-36(22-29(4)52-57)43-48-26-34-32-20-28(3)21-39(62-17-11-12-54-15-18-61-19-16-54)41(32)56(45(34)50-43)14-10-9-13-55-40-33(24-31(42(47)59)25-38(40)60-6)35-27-49-44(51-46(35)55)37-23-30(5)53-58(37)8-2/h9-10,20-27H,7-8,11-19H2,1-6H3,(H2,47,59)/b10-9+. The Morgan fingerprint density at radius 3 is 1.87 bits per heavy atom. The van der Waals surface area contributed by atoms with E-state index in [1.807, 2.05) is 48.5 Å². The van der Waals surface area contributed by atoms with Crippen molar-refractivity contribution in [2.24, 2.45) is 5.73 Å². The van der Waals surface area contributed by atoms with E-state index in [2.05, 4.69) is 62.4 Å². The minimum absolute atomic E-state index is 0.340. The number of rotatable bonds is 15. The van der Waals surface area contributed by atoms with Crippen molar-refractivity contribution in [3.05, 3.63) is 83.5 Å². The number of allylic oxidation sites excluding steroid dienone is 2. The zero-order valence-electron chi connectivity index (χ0n) is 36.2. The van der Waals surface area contributed by atoms with Crippen LogP contribution in [0.3, 0.4) is 0 Å². The molecule has 0 bridgehead atoms. The van der Waals surface area contributed by atoms with Crippen LogP contribution in [-0.4, -0.2) is 106 Å². The Labute approximate surface area is 358 Å². The van der Waals surface area contributed by atoms with Gasteiger partial charge in [0.15, 0.2) is 11.6 Å². The number of nitrogens with zero attached hydrogens (tertiary/aromatic N) is 11. The Hall–Kier alpha value is -6.65. The molecule has 8 aromatic rings. The molecule has 62 heavy (non-hydrogen) atoms. The molecule has 0 saturated carbocycles. The lowest BCUT2D eigenvalue weighted by molar-refractivity contribution is 0.0358. The summed E-state index contributed by atoms with van der Waals surface area (Å²) in [4.78, 5) is 35.0. The second kappa shape index (κ2) is 17.0. The lowest BCUT2D eigenvalue weighted by atomic mass is 10.1. The Kier molecular flexibility index (Phi) is 11.2. The number of morpholine rings is 1. The van der Waals surface area contributed by atoms with Gasteiger partial charge < -0.3 is 29.1 Å². The van der Waals surface area contributed by atoms with Crippen LogP contribution in [0.4, 0.5) is 0 Å². The Bertz CT molecular complexity index is 3000. The summed E-state index contributed by atoms with van der Waals surface area (Å²) < 4.78 is 26.3. The molecule has 2 aromatic carbocycles. The Balaban J connectivity index is 1.13. The number of methoxy groups -OCH3 is 1. The number of ether oxygens (including phenoxy) is 3. The maximum atomic E-state index is 12.5. The molecule has 16 heteroatoms. The first-order valence-corrected chi connectivity index (χ1v) is 21.3. The quantitative estimate of drug-likeness (QED) is 0.0868. The first kappa shape index (κ1) is 40.7. The molecule has 6 aromatic heterocycles. The molecular weight excluding hydrogens is 785 g/mol. The minimum Gasteiger partial charge on any atom is -0.495 e. The van der Waals surface area contributed by atoms with Crippen molar-refractivity contribution in [1.82, 2.24) is 53.5 Å². The van der Waals surface area contributed by atoms with Gasteiger partial charge in [-0.15, -0.1) is 0 Å². The van der Waals surface area contributed by atoms with Crippen LogP contribution in [-0.2, 0) is 30.9 Å². The van der Waals surface area contributed by atoms with Gasteiger partial charge in [0.2, 0.25) is 5.91 Å². The zero-order valence-corrected chi connectivity index (χ0v) is 36.2. The molecule has 1 aliphatic heterocycles. The highest BCUT2D eigenvalue weighted by Gasteiger charge is 2.23. The van der Waals surface area contributed by atoms with E-state index in [9.17, 15) is 4.79 Å². The van der Waals surface area contributed by atoms with Crippen molar-refractivity contribution in [3.63, 3.8) is 0 Å². The predicted octanol–water partition coefficient (Wildman–Crippen LogP) is 6.64. The van der Waals surface area contributed by atoms with Gasteiger partial charge in [0, 0.05) is 85.3 Å². The second-order valence-electron chi connectivity index (χ2n) is 15.8. The highest BCUT2D eigenvalue weighted by atomic mass is 16.5. The summed E-state index contributed by atoms with van der Waals surface area (Å²) in [6.45, 7) is 17.4. The lowest BCUT2D eigenvalue weighted by Crippen LogP contribution is -2.37. The first-order chi connectivity index (χ1) is 30.1. The molecule has 0 radical (unpaired) electrons. The van der Waals surface area contributed by atoms with Gasteiger partial charge in [-0.3, -0.25) is 19.1 Å². The van der Waals surface area contributed by atoms with Crippen molar-refractivity contribution >= 4 is 49.8 Å². The third-order valence-electron chi connectivity index (χ3n) is 11.6. The van der Waals surface area contributed by atoms with Crippen molar-refractivity contribution in [2.75, 3.05) is 46.6 Å². The molecule has 2 N–H and O–H groups in total. The van der Waals surface area contributed by atoms with Gasteiger partial charge in [-0.05, 0) is 83.0 Å². The first-order valence-electron chi connectivity index (χ1n) is 21.3. The Morgan fingerprint density at radius 1 is 0.758 bits per heavy atom. The summed E-state index contributed by atoms with van der Waals surface area (Å²) in [6, 6.07) is 11.8. The summed E-state index contributed by atoms with van der Waals surface area (Å²) >= 11 is 0. The van der Waals surface area contributed by atoms with Gasteiger partial charge in [0.25, 0.3) is 0 Å². The summed E-state index contributed by atoms with van der Waals surface area (Å²) in [5, 5.41) is 12.8. The second-order valence-corrected chi connectivity index (χ2v) is 15.8. The molecule has 9 rings (SSSR count). The highest BCUT2D eigenvalue weighted by Crippen LogP contribution is 2.38. The van der Waals surface area contributed by atoms with Gasteiger partial charge in [-0.1, -0.05) is 12.2 Å². The van der Waals surface area contributed by atoms with E-state index in [0.29, 0.717) is 61.4 Å². The minimum atomic E-state index is -0.547. The molecular formula is C46H52N12O4. The number of carbonyl (C=O) groups is 1. The molecule has 0 unspecified atom stereocenters. The van der Waals surface area contributed by atoms with E-state index in [1.165, 1.54) is 0 Å². The smallest absolute Gasteiger partial charge is 0.248 e. The van der Waals surface area contributed by atoms with E-state index < -0.39 is 5.91 Å². The molecule has 0 atom stereocenters. The van der Waals surface area contributed by atoms with Crippen molar-refractivity contribution < 1.29 is 19.0 Å².